The van der Waals surface area contributed by atoms with Gasteiger partial charge >= 0.3 is 0 Å². The first-order chi connectivity index (χ1) is 6.79. The maximum absolute atomic E-state index is 11.9. The van der Waals surface area contributed by atoms with Gasteiger partial charge in [0.25, 0.3) is 0 Å². The number of ketones is 1. The summed E-state index contributed by atoms with van der Waals surface area (Å²) >= 11 is 1.43. The number of carbonyl (C=O) groups is 1. The molecule has 1 aromatic heterocycles. The van der Waals surface area contributed by atoms with E-state index < -0.39 is 0 Å². The topological polar surface area (TPSA) is 43.1 Å². The quantitative estimate of drug-likeness (QED) is 0.602. The predicted octanol–water partition coefficient (Wildman–Crippen LogP) is 2.56. The minimum atomic E-state index is -0.00176. The lowest BCUT2D eigenvalue weighted by molar-refractivity contribution is 0.104. The minimum absolute atomic E-state index is 0.00176. The first-order valence-corrected chi connectivity index (χ1v) is 5.09. The number of rotatable bonds is 2. The van der Waals surface area contributed by atoms with E-state index in [1.807, 2.05) is 23.6 Å². The lowest BCUT2D eigenvalue weighted by atomic mass is 10.1. The number of hydrogen-bond donors (Lipinski definition) is 1. The van der Waals surface area contributed by atoms with Crippen molar-refractivity contribution in [2.45, 2.75) is 0 Å². The van der Waals surface area contributed by atoms with Crippen LogP contribution in [-0.4, -0.2) is 5.78 Å². The van der Waals surface area contributed by atoms with Crippen molar-refractivity contribution < 1.29 is 4.79 Å². The van der Waals surface area contributed by atoms with Gasteiger partial charge in [-0.15, -0.1) is 11.3 Å². The van der Waals surface area contributed by atoms with Crippen LogP contribution in [0.1, 0.15) is 15.2 Å². The molecule has 1 heterocycles. The summed E-state index contributed by atoms with van der Waals surface area (Å²) < 4.78 is 0. The van der Waals surface area contributed by atoms with Gasteiger partial charge in [0.05, 0.1) is 4.88 Å². The first kappa shape index (κ1) is 8.97. The summed E-state index contributed by atoms with van der Waals surface area (Å²) in [5.41, 5.74) is 6.82. The van der Waals surface area contributed by atoms with E-state index in [9.17, 15) is 4.79 Å². The number of nitrogen functional groups attached to an aromatic ring is 1. The highest BCUT2D eigenvalue weighted by molar-refractivity contribution is 7.12. The Bertz CT molecular complexity index is 448. The van der Waals surface area contributed by atoms with Gasteiger partial charge in [-0.25, -0.2) is 0 Å². The Morgan fingerprint density at radius 1 is 1.14 bits per heavy atom. The summed E-state index contributed by atoms with van der Waals surface area (Å²) in [7, 11) is 0. The van der Waals surface area contributed by atoms with Crippen molar-refractivity contribution in [3.8, 4) is 0 Å². The molecule has 1 aromatic carbocycles. The SMILES string of the molecule is Nc1ccccc1C(=O)c1cccs1. The second-order valence-electron chi connectivity index (χ2n) is 2.89. The lowest BCUT2D eigenvalue weighted by Gasteiger charge is -2.01. The molecule has 0 bridgehead atoms. The third kappa shape index (κ3) is 1.54. The number of carbonyl (C=O) groups excluding carboxylic acids is 1. The van der Waals surface area contributed by atoms with Crippen LogP contribution in [0.4, 0.5) is 5.69 Å². The number of benzene rings is 1. The molecular formula is C11H9NOS. The molecule has 3 heteroatoms. The van der Waals surface area contributed by atoms with Crippen LogP contribution >= 0.6 is 11.3 Å². The molecule has 2 rings (SSSR count). The van der Waals surface area contributed by atoms with Crippen LogP contribution in [0.2, 0.25) is 0 Å². The Kier molecular flexibility index (Phi) is 2.33. The zero-order valence-corrected chi connectivity index (χ0v) is 8.25. The van der Waals surface area contributed by atoms with E-state index in [0.29, 0.717) is 11.3 Å². The normalized spacial score (nSPS) is 10.0. The summed E-state index contributed by atoms with van der Waals surface area (Å²) in [6.45, 7) is 0. The molecule has 0 aliphatic carbocycles. The Morgan fingerprint density at radius 2 is 1.93 bits per heavy atom. The second kappa shape index (κ2) is 3.64. The van der Waals surface area contributed by atoms with E-state index in [1.165, 1.54) is 11.3 Å². The van der Waals surface area contributed by atoms with Crippen LogP contribution in [0.25, 0.3) is 0 Å². The molecule has 14 heavy (non-hydrogen) atoms. The van der Waals surface area contributed by atoms with Crippen molar-refractivity contribution in [3.63, 3.8) is 0 Å². The third-order valence-corrected chi connectivity index (χ3v) is 2.82. The fraction of sp³-hybridized carbons (Fsp3) is 0. The van der Waals surface area contributed by atoms with Crippen molar-refractivity contribution in [1.29, 1.82) is 0 Å². The Hall–Kier alpha value is -1.61. The van der Waals surface area contributed by atoms with Gasteiger partial charge in [0.2, 0.25) is 5.78 Å². The van der Waals surface area contributed by atoms with E-state index in [-0.39, 0.29) is 5.78 Å². The van der Waals surface area contributed by atoms with Crippen molar-refractivity contribution in [2.24, 2.45) is 0 Å². The third-order valence-electron chi connectivity index (χ3n) is 1.95. The zero-order chi connectivity index (χ0) is 9.97. The van der Waals surface area contributed by atoms with Gasteiger partial charge in [0.15, 0.2) is 0 Å². The van der Waals surface area contributed by atoms with Gasteiger partial charge in [-0.2, -0.15) is 0 Å². The largest absolute Gasteiger partial charge is 0.398 e. The van der Waals surface area contributed by atoms with Crippen molar-refractivity contribution in [2.75, 3.05) is 5.73 Å². The molecule has 0 radical (unpaired) electrons. The first-order valence-electron chi connectivity index (χ1n) is 4.22. The molecule has 0 aliphatic heterocycles. The Labute approximate surface area is 86.0 Å². The van der Waals surface area contributed by atoms with Crippen molar-refractivity contribution in [3.05, 3.63) is 52.2 Å². The molecule has 0 spiro atoms. The molecule has 0 unspecified atom stereocenters. The molecule has 0 saturated heterocycles. The number of hydrogen-bond acceptors (Lipinski definition) is 3. The molecule has 0 aliphatic rings. The number of anilines is 1. The molecular weight excluding hydrogens is 194 g/mol. The maximum atomic E-state index is 11.9. The Balaban J connectivity index is 2.42. The van der Waals surface area contributed by atoms with Crippen molar-refractivity contribution in [1.82, 2.24) is 0 Å². The van der Waals surface area contributed by atoms with Crippen molar-refractivity contribution >= 4 is 22.8 Å². The Morgan fingerprint density at radius 3 is 2.57 bits per heavy atom. The fourth-order valence-corrected chi connectivity index (χ4v) is 1.92. The highest BCUT2D eigenvalue weighted by atomic mass is 32.1. The molecule has 2 N–H and O–H groups in total. The van der Waals surface area contributed by atoms with E-state index in [1.54, 1.807) is 18.2 Å². The van der Waals surface area contributed by atoms with E-state index >= 15 is 0 Å². The van der Waals surface area contributed by atoms with Crippen LogP contribution in [0.15, 0.2) is 41.8 Å². The van der Waals surface area contributed by atoms with Gasteiger partial charge in [0, 0.05) is 11.3 Å². The number of nitrogens with two attached hydrogens (primary N) is 1. The summed E-state index contributed by atoms with van der Waals surface area (Å²) in [5.74, 6) is -0.00176. The summed E-state index contributed by atoms with van der Waals surface area (Å²) in [5, 5.41) is 1.88. The maximum Gasteiger partial charge on any atom is 0.205 e. The monoisotopic (exact) mass is 203 g/mol. The lowest BCUT2D eigenvalue weighted by Crippen LogP contribution is -2.02. The molecule has 0 saturated carbocycles. The van der Waals surface area contributed by atoms with Gasteiger partial charge in [-0.05, 0) is 23.6 Å². The molecule has 0 atom stereocenters. The molecule has 0 amide bonds. The summed E-state index contributed by atoms with van der Waals surface area (Å²) in [4.78, 5) is 12.6. The number of thiophene rings is 1. The molecule has 70 valence electrons. The highest BCUT2D eigenvalue weighted by Gasteiger charge is 2.11. The van der Waals surface area contributed by atoms with Gasteiger partial charge in [-0.1, -0.05) is 18.2 Å². The summed E-state index contributed by atoms with van der Waals surface area (Å²) in [6.07, 6.45) is 0. The standard InChI is InChI=1S/C11H9NOS/c12-9-5-2-1-4-8(9)11(13)10-6-3-7-14-10/h1-7H,12H2. The van der Waals surface area contributed by atoms with E-state index in [4.69, 9.17) is 5.73 Å². The van der Waals surface area contributed by atoms with Crippen LogP contribution in [0.3, 0.4) is 0 Å². The average Bonchev–Trinajstić information content (AvgIpc) is 2.70. The molecule has 2 aromatic rings. The molecule has 2 nitrogen and oxygen atoms in total. The van der Waals surface area contributed by atoms with E-state index in [0.717, 1.165) is 4.88 Å². The zero-order valence-electron chi connectivity index (χ0n) is 7.44. The minimum Gasteiger partial charge on any atom is -0.398 e. The van der Waals surface area contributed by atoms with Gasteiger partial charge in [0.1, 0.15) is 0 Å². The summed E-state index contributed by atoms with van der Waals surface area (Å²) in [6, 6.07) is 10.8. The van der Waals surface area contributed by atoms with Crippen LogP contribution in [-0.2, 0) is 0 Å². The molecule has 0 fully saturated rings. The predicted molar refractivity (Wildman–Crippen MR) is 58.6 cm³/mol. The van der Waals surface area contributed by atoms with Crippen LogP contribution < -0.4 is 5.73 Å². The fourth-order valence-electron chi connectivity index (χ4n) is 1.24. The second-order valence-corrected chi connectivity index (χ2v) is 3.84. The van der Waals surface area contributed by atoms with Gasteiger partial charge < -0.3 is 5.73 Å². The van der Waals surface area contributed by atoms with Gasteiger partial charge in [-0.3, -0.25) is 4.79 Å². The van der Waals surface area contributed by atoms with Crippen LogP contribution in [0, 0.1) is 0 Å². The van der Waals surface area contributed by atoms with E-state index in [2.05, 4.69) is 0 Å². The number of para-hydroxylation sites is 1. The smallest absolute Gasteiger partial charge is 0.205 e. The highest BCUT2D eigenvalue weighted by Crippen LogP contribution is 2.19. The van der Waals surface area contributed by atoms with Crippen LogP contribution in [0.5, 0.6) is 0 Å². The average molecular weight is 203 g/mol.